The lowest BCUT2D eigenvalue weighted by Crippen LogP contribution is -2.18. The number of unbranched alkanes of at least 4 members (excludes halogenated alkanes) is 3. The van der Waals surface area contributed by atoms with Crippen molar-refractivity contribution in [2.75, 3.05) is 14.2 Å². The van der Waals surface area contributed by atoms with E-state index in [-0.39, 0.29) is 5.41 Å². The van der Waals surface area contributed by atoms with Crippen LogP contribution < -0.4 is 19.7 Å². The molecule has 0 aliphatic heterocycles. The molecule has 2 atom stereocenters. The third kappa shape index (κ3) is 8.37. The van der Waals surface area contributed by atoms with Gasteiger partial charge in [-0.2, -0.15) is 0 Å². The zero-order valence-electron chi connectivity index (χ0n) is 26.2. The van der Waals surface area contributed by atoms with E-state index in [1.165, 1.54) is 26.4 Å². The Balaban J connectivity index is 1.93. The number of hydrogen-bond donors (Lipinski definition) is 0. The SMILES string of the molecule is CCCCCCC(C)(C)c1cc(OP(OC)c2ccccc2)c(-c2cccc(C)c2)c(OP(=O)(OC)c2ccccc2)c1. The molecule has 0 amide bonds. The topological polar surface area (TPSA) is 54.0 Å². The van der Waals surface area contributed by atoms with Crippen molar-refractivity contribution in [1.82, 2.24) is 0 Å². The first kappa shape index (κ1) is 33.0. The van der Waals surface area contributed by atoms with E-state index >= 15 is 0 Å². The van der Waals surface area contributed by atoms with Crippen LogP contribution in [0, 0.1) is 6.92 Å². The van der Waals surface area contributed by atoms with Crippen LogP contribution in [0.4, 0.5) is 0 Å². The predicted octanol–water partition coefficient (Wildman–Crippen LogP) is 10.1. The largest absolute Gasteiger partial charge is 0.443 e. The second-order valence-electron chi connectivity index (χ2n) is 11.4. The summed E-state index contributed by atoms with van der Waals surface area (Å²) in [5.74, 6) is 1.07. The van der Waals surface area contributed by atoms with Gasteiger partial charge in [0.1, 0.15) is 11.5 Å². The standard InChI is InChI=1S/C36H44O5P2/c1-7-8-9-16-24-36(3,4)30-26-33(40-42(38-5)31-20-12-10-13-21-31)35(29-19-17-18-28(2)25-29)34(27-30)41-43(37,39-6)32-22-14-11-15-23-32/h10-15,17-23,25-27H,7-9,16,24H2,1-6H3. The van der Waals surface area contributed by atoms with Gasteiger partial charge >= 0.3 is 7.60 Å². The summed E-state index contributed by atoms with van der Waals surface area (Å²) in [7, 11) is -2.10. The lowest BCUT2D eigenvalue weighted by Gasteiger charge is -2.29. The highest BCUT2D eigenvalue weighted by atomic mass is 31.2. The van der Waals surface area contributed by atoms with Gasteiger partial charge in [0.25, 0.3) is 8.38 Å². The van der Waals surface area contributed by atoms with Crippen LogP contribution in [0.15, 0.2) is 97.1 Å². The maximum Gasteiger partial charge on any atom is 0.410 e. The van der Waals surface area contributed by atoms with Gasteiger partial charge < -0.3 is 13.6 Å². The summed E-state index contributed by atoms with van der Waals surface area (Å²) in [5, 5.41) is 1.44. The first-order chi connectivity index (χ1) is 20.7. The van der Waals surface area contributed by atoms with E-state index in [4.69, 9.17) is 18.1 Å². The van der Waals surface area contributed by atoms with Crippen LogP contribution in [0.2, 0.25) is 0 Å². The summed E-state index contributed by atoms with van der Waals surface area (Å²) in [6, 6.07) is 31.4. The molecule has 2 unspecified atom stereocenters. The van der Waals surface area contributed by atoms with Gasteiger partial charge in [-0.15, -0.1) is 0 Å². The highest BCUT2D eigenvalue weighted by Gasteiger charge is 2.33. The molecule has 0 saturated heterocycles. The van der Waals surface area contributed by atoms with Gasteiger partial charge in [0, 0.05) is 19.5 Å². The predicted molar refractivity (Wildman–Crippen MR) is 180 cm³/mol. The van der Waals surface area contributed by atoms with Crippen molar-refractivity contribution in [3.05, 3.63) is 108 Å². The van der Waals surface area contributed by atoms with E-state index < -0.39 is 16.0 Å². The molecular formula is C36H44O5P2. The molecular weight excluding hydrogens is 574 g/mol. The Kier molecular flexibility index (Phi) is 11.6. The number of rotatable bonds is 15. The van der Waals surface area contributed by atoms with Crippen LogP contribution in [0.25, 0.3) is 11.1 Å². The van der Waals surface area contributed by atoms with Gasteiger partial charge in [0.05, 0.1) is 10.9 Å². The Hall–Kier alpha value is -2.94. The molecule has 0 aromatic heterocycles. The summed E-state index contributed by atoms with van der Waals surface area (Å²) >= 11 is 0. The van der Waals surface area contributed by atoms with Gasteiger partial charge in [0.2, 0.25) is 0 Å². The molecule has 228 valence electrons. The Morgan fingerprint density at radius 1 is 0.791 bits per heavy atom. The molecule has 5 nitrogen and oxygen atoms in total. The minimum atomic E-state index is -3.74. The molecule has 43 heavy (non-hydrogen) atoms. The van der Waals surface area contributed by atoms with Crippen molar-refractivity contribution in [2.24, 2.45) is 0 Å². The minimum absolute atomic E-state index is 0.193. The second kappa shape index (κ2) is 15.2. The highest BCUT2D eigenvalue weighted by molar-refractivity contribution is 7.62. The van der Waals surface area contributed by atoms with Crippen LogP contribution in [0.1, 0.15) is 64.0 Å². The Morgan fingerprint density at radius 2 is 1.47 bits per heavy atom. The van der Waals surface area contributed by atoms with Crippen molar-refractivity contribution in [3.63, 3.8) is 0 Å². The molecule has 7 heteroatoms. The molecule has 0 N–H and O–H groups in total. The lowest BCUT2D eigenvalue weighted by molar-refractivity contribution is 0.333. The fraction of sp³-hybridized carbons (Fsp3) is 0.333. The summed E-state index contributed by atoms with van der Waals surface area (Å²) < 4.78 is 39.2. The third-order valence-corrected chi connectivity index (χ3v) is 10.9. The molecule has 0 saturated carbocycles. The fourth-order valence-corrected chi connectivity index (χ4v) is 7.58. The monoisotopic (exact) mass is 618 g/mol. The van der Waals surface area contributed by atoms with Gasteiger partial charge in [0.15, 0.2) is 0 Å². The van der Waals surface area contributed by atoms with E-state index in [2.05, 4.69) is 32.9 Å². The number of aryl methyl sites for hydroxylation is 1. The van der Waals surface area contributed by atoms with Crippen molar-refractivity contribution in [1.29, 1.82) is 0 Å². The molecule has 0 aliphatic rings. The van der Waals surface area contributed by atoms with Gasteiger partial charge in [-0.1, -0.05) is 113 Å². The van der Waals surface area contributed by atoms with Crippen LogP contribution in [-0.2, 0) is 19.0 Å². The van der Waals surface area contributed by atoms with Gasteiger partial charge in [-0.3, -0.25) is 4.52 Å². The molecule has 0 heterocycles. The van der Waals surface area contributed by atoms with E-state index in [9.17, 15) is 4.57 Å². The van der Waals surface area contributed by atoms with E-state index in [1.807, 2.05) is 79.7 Å². The van der Waals surface area contributed by atoms with Gasteiger partial charge in [-0.25, -0.2) is 4.57 Å². The average Bonchev–Trinajstić information content (AvgIpc) is 3.02. The third-order valence-electron chi connectivity index (χ3n) is 7.65. The molecule has 0 bridgehead atoms. The summed E-state index contributed by atoms with van der Waals surface area (Å²) in [6.45, 7) is 8.77. The Bertz CT molecular complexity index is 1510. The Labute approximate surface area is 259 Å². The molecule has 0 aliphatic carbocycles. The molecule has 0 fully saturated rings. The molecule has 0 spiro atoms. The van der Waals surface area contributed by atoms with Crippen LogP contribution in [0.3, 0.4) is 0 Å². The normalized spacial score (nSPS) is 13.7. The molecule has 4 rings (SSSR count). The summed E-state index contributed by atoms with van der Waals surface area (Å²) in [5.41, 5.74) is 3.54. The maximum atomic E-state index is 14.3. The van der Waals surface area contributed by atoms with Crippen LogP contribution >= 0.6 is 16.0 Å². The van der Waals surface area contributed by atoms with Crippen molar-refractivity contribution in [2.45, 2.75) is 65.2 Å². The lowest BCUT2D eigenvalue weighted by atomic mass is 9.79. The van der Waals surface area contributed by atoms with E-state index in [0.717, 1.165) is 34.8 Å². The van der Waals surface area contributed by atoms with Gasteiger partial charge in [-0.05, 0) is 66.3 Å². The summed E-state index contributed by atoms with van der Waals surface area (Å²) in [4.78, 5) is 0. The van der Waals surface area contributed by atoms with E-state index in [1.54, 1.807) is 19.2 Å². The van der Waals surface area contributed by atoms with Crippen molar-refractivity contribution < 1.29 is 22.7 Å². The van der Waals surface area contributed by atoms with Crippen molar-refractivity contribution in [3.8, 4) is 22.6 Å². The van der Waals surface area contributed by atoms with E-state index in [0.29, 0.717) is 22.4 Å². The first-order valence-electron chi connectivity index (χ1n) is 14.9. The second-order valence-corrected chi connectivity index (χ2v) is 15.0. The average molecular weight is 619 g/mol. The first-order valence-corrected chi connectivity index (χ1v) is 17.7. The molecule has 4 aromatic carbocycles. The fourth-order valence-electron chi connectivity index (χ4n) is 5.12. The minimum Gasteiger partial charge on any atom is -0.443 e. The zero-order chi connectivity index (χ0) is 30.9. The highest BCUT2D eigenvalue weighted by Crippen LogP contribution is 2.54. The number of benzene rings is 4. The zero-order valence-corrected chi connectivity index (χ0v) is 28.0. The van der Waals surface area contributed by atoms with Crippen LogP contribution in [0.5, 0.6) is 11.5 Å². The molecule has 4 aromatic rings. The maximum absolute atomic E-state index is 14.3. The Morgan fingerprint density at radius 3 is 2.09 bits per heavy atom. The summed E-state index contributed by atoms with van der Waals surface area (Å²) in [6.07, 6.45) is 5.70. The van der Waals surface area contributed by atoms with Crippen molar-refractivity contribution >= 4 is 26.6 Å². The smallest absolute Gasteiger partial charge is 0.410 e. The quantitative estimate of drug-likeness (QED) is 0.0980. The van der Waals surface area contributed by atoms with Crippen LogP contribution in [-0.4, -0.2) is 14.2 Å². The molecule has 0 radical (unpaired) electrons. The number of hydrogen-bond acceptors (Lipinski definition) is 5.